The van der Waals surface area contributed by atoms with Crippen molar-refractivity contribution in [1.82, 2.24) is 5.32 Å². The van der Waals surface area contributed by atoms with Gasteiger partial charge in [0.05, 0.1) is 22.9 Å². The van der Waals surface area contributed by atoms with E-state index in [0.29, 0.717) is 5.02 Å². The number of carbonyl (C=O) groups is 1. The van der Waals surface area contributed by atoms with E-state index in [1.54, 1.807) is 0 Å². The molecule has 0 aliphatic carbocycles. The number of amides is 1. The molecule has 3 atom stereocenters. The Hall–Kier alpha value is -0.820. The van der Waals surface area contributed by atoms with Crippen molar-refractivity contribution in [2.24, 2.45) is 0 Å². The Morgan fingerprint density at radius 1 is 1.36 bits per heavy atom. The lowest BCUT2D eigenvalue weighted by Gasteiger charge is -2.15. The van der Waals surface area contributed by atoms with Gasteiger partial charge in [0.1, 0.15) is 6.04 Å². The van der Waals surface area contributed by atoms with E-state index in [9.17, 15) is 13.2 Å². The highest BCUT2D eigenvalue weighted by Gasteiger charge is 2.37. The van der Waals surface area contributed by atoms with E-state index in [0.717, 1.165) is 5.56 Å². The first kappa shape index (κ1) is 17.5. The van der Waals surface area contributed by atoms with Gasteiger partial charge in [-0.05, 0) is 19.1 Å². The molecule has 22 heavy (non-hydrogen) atoms. The molecule has 1 fully saturated rings. The second-order valence-electron chi connectivity index (χ2n) is 5.55. The molecule has 0 saturated carbocycles. The van der Waals surface area contributed by atoms with Crippen molar-refractivity contribution < 1.29 is 18.5 Å². The maximum Gasteiger partial charge on any atom is 0.275 e. The lowest BCUT2D eigenvalue weighted by molar-refractivity contribution is -0.682. The lowest BCUT2D eigenvalue weighted by atomic mass is 10.1. The first-order chi connectivity index (χ1) is 10.3. The van der Waals surface area contributed by atoms with E-state index in [1.165, 1.54) is 0 Å². The molecular formula is C14H19Cl2N2O3S+. The molecule has 5 nitrogen and oxygen atoms in total. The first-order valence-electron chi connectivity index (χ1n) is 6.99. The average molecular weight is 366 g/mol. The zero-order valence-corrected chi connectivity index (χ0v) is 14.5. The van der Waals surface area contributed by atoms with Gasteiger partial charge in [-0.1, -0.05) is 23.7 Å². The van der Waals surface area contributed by atoms with E-state index in [1.807, 2.05) is 36.5 Å². The Morgan fingerprint density at radius 3 is 2.55 bits per heavy atom. The van der Waals surface area contributed by atoms with Gasteiger partial charge < -0.3 is 10.6 Å². The molecule has 0 radical (unpaired) electrons. The van der Waals surface area contributed by atoms with Crippen LogP contribution in [0, 0.1) is 0 Å². The molecule has 1 aromatic rings. The zero-order chi connectivity index (χ0) is 16.3. The second-order valence-corrected chi connectivity index (χ2v) is 8.70. The van der Waals surface area contributed by atoms with Crippen LogP contribution < -0.4 is 10.6 Å². The number of carbonyl (C=O) groups excluding carboxylic acids is 1. The van der Waals surface area contributed by atoms with Crippen LogP contribution in [0.5, 0.6) is 0 Å². The van der Waals surface area contributed by atoms with Crippen LogP contribution in [0.25, 0.3) is 0 Å². The van der Waals surface area contributed by atoms with Crippen LogP contribution in [-0.2, 0) is 14.6 Å². The smallest absolute Gasteiger partial charge is 0.275 e. The van der Waals surface area contributed by atoms with E-state index in [2.05, 4.69) is 5.32 Å². The van der Waals surface area contributed by atoms with Gasteiger partial charge in [0, 0.05) is 10.6 Å². The van der Waals surface area contributed by atoms with E-state index < -0.39 is 21.3 Å². The molecule has 1 aliphatic rings. The molecule has 2 rings (SSSR count). The molecule has 1 amide bonds. The molecule has 0 aromatic heterocycles. The van der Waals surface area contributed by atoms with Gasteiger partial charge in [-0.3, -0.25) is 4.79 Å². The Kier molecular flexibility index (Phi) is 5.71. The number of hydrogen-bond donors (Lipinski definition) is 2. The lowest BCUT2D eigenvalue weighted by Crippen LogP contribution is -2.87. The minimum atomic E-state index is -3.14. The van der Waals surface area contributed by atoms with Crippen molar-refractivity contribution in [3.05, 3.63) is 34.9 Å². The number of nitrogens with one attached hydrogen (secondary N) is 1. The normalized spacial score (nSPS) is 24.9. The van der Waals surface area contributed by atoms with Crippen LogP contribution >= 0.6 is 23.2 Å². The van der Waals surface area contributed by atoms with Crippen molar-refractivity contribution in [2.45, 2.75) is 24.4 Å². The number of alkyl halides is 1. The number of quaternary nitrogens is 1. The minimum absolute atomic E-state index is 0.0790. The van der Waals surface area contributed by atoms with Gasteiger partial charge in [-0.2, -0.15) is 0 Å². The standard InChI is InChI=1S/C14H18Cl2N2O3S/c1-9(10-2-4-11(15)5-3-10)17-6-14(19)18-13-8-22(20,21)7-12(13)16/h2-5,9,12-13,17H,6-8H2,1H3,(H,18,19)/p+1/t9-,12+,13+/m1/s1. The molecule has 122 valence electrons. The van der Waals surface area contributed by atoms with Gasteiger partial charge in [-0.25, -0.2) is 8.42 Å². The zero-order valence-electron chi connectivity index (χ0n) is 12.1. The maximum atomic E-state index is 11.9. The van der Waals surface area contributed by atoms with Crippen LogP contribution in [0.2, 0.25) is 5.02 Å². The molecule has 1 aromatic carbocycles. The summed E-state index contributed by atoms with van der Waals surface area (Å²) in [6.45, 7) is 2.20. The molecule has 1 heterocycles. The quantitative estimate of drug-likeness (QED) is 0.745. The SMILES string of the molecule is C[C@@H]([NH2+]CC(=O)N[C@H]1CS(=O)(=O)C[C@@H]1Cl)c1ccc(Cl)cc1. The Bertz CT molecular complexity index is 634. The number of rotatable bonds is 5. The summed E-state index contributed by atoms with van der Waals surface area (Å²) >= 11 is 11.8. The van der Waals surface area contributed by atoms with E-state index >= 15 is 0 Å². The van der Waals surface area contributed by atoms with E-state index in [4.69, 9.17) is 23.2 Å². The minimum Gasteiger partial charge on any atom is -0.346 e. The monoisotopic (exact) mass is 365 g/mol. The fourth-order valence-electron chi connectivity index (χ4n) is 2.39. The largest absolute Gasteiger partial charge is 0.346 e. The molecule has 1 saturated heterocycles. The van der Waals surface area contributed by atoms with Crippen molar-refractivity contribution in [3.8, 4) is 0 Å². The number of sulfone groups is 1. The molecule has 0 spiro atoms. The van der Waals surface area contributed by atoms with E-state index in [-0.39, 0.29) is 30.0 Å². The topological polar surface area (TPSA) is 79.8 Å². The summed E-state index contributed by atoms with van der Waals surface area (Å²) in [5, 5.41) is 4.70. The third kappa shape index (κ3) is 4.84. The number of hydrogen-bond acceptors (Lipinski definition) is 3. The van der Waals surface area contributed by atoms with Crippen molar-refractivity contribution >= 4 is 38.9 Å². The highest BCUT2D eigenvalue weighted by atomic mass is 35.5. The fraction of sp³-hybridized carbons (Fsp3) is 0.500. The molecule has 8 heteroatoms. The van der Waals surface area contributed by atoms with Crippen molar-refractivity contribution in [3.63, 3.8) is 0 Å². The summed E-state index contributed by atoms with van der Waals surface area (Å²) in [6, 6.07) is 7.05. The Balaban J connectivity index is 1.81. The number of benzene rings is 1. The number of halogens is 2. The summed E-state index contributed by atoms with van der Waals surface area (Å²) in [5.41, 5.74) is 1.07. The maximum absolute atomic E-state index is 11.9. The fourth-order valence-corrected chi connectivity index (χ4v) is 5.06. The van der Waals surface area contributed by atoms with Crippen LogP contribution in [0.4, 0.5) is 0 Å². The van der Waals surface area contributed by atoms with Crippen LogP contribution in [-0.4, -0.2) is 43.8 Å². The summed E-state index contributed by atoms with van der Waals surface area (Å²) in [7, 11) is -3.14. The molecule has 3 N–H and O–H groups in total. The molecule has 0 unspecified atom stereocenters. The Labute approximate surface area is 140 Å². The van der Waals surface area contributed by atoms with Crippen LogP contribution in [0.1, 0.15) is 18.5 Å². The Morgan fingerprint density at radius 2 is 2.00 bits per heavy atom. The summed E-state index contributed by atoms with van der Waals surface area (Å²) in [6.07, 6.45) is 0. The highest BCUT2D eigenvalue weighted by molar-refractivity contribution is 7.91. The van der Waals surface area contributed by atoms with Crippen LogP contribution in [0.15, 0.2) is 24.3 Å². The van der Waals surface area contributed by atoms with Crippen molar-refractivity contribution in [1.29, 1.82) is 0 Å². The highest BCUT2D eigenvalue weighted by Crippen LogP contribution is 2.17. The van der Waals surface area contributed by atoms with Gasteiger partial charge in [0.25, 0.3) is 5.91 Å². The number of nitrogens with two attached hydrogens (primary N) is 1. The predicted octanol–water partition coefficient (Wildman–Crippen LogP) is 0.485. The molecular weight excluding hydrogens is 347 g/mol. The van der Waals surface area contributed by atoms with Gasteiger partial charge in [0.15, 0.2) is 16.4 Å². The van der Waals surface area contributed by atoms with Crippen molar-refractivity contribution in [2.75, 3.05) is 18.1 Å². The molecule has 0 bridgehead atoms. The third-order valence-corrected chi connectivity index (χ3v) is 6.31. The average Bonchev–Trinajstić information content (AvgIpc) is 2.69. The van der Waals surface area contributed by atoms with Gasteiger partial charge in [0.2, 0.25) is 0 Å². The third-order valence-electron chi connectivity index (χ3n) is 3.68. The molecule has 1 aliphatic heterocycles. The van der Waals surface area contributed by atoms with Crippen LogP contribution in [0.3, 0.4) is 0 Å². The van der Waals surface area contributed by atoms with Gasteiger partial charge in [-0.15, -0.1) is 11.6 Å². The summed E-state index contributed by atoms with van der Waals surface area (Å²) < 4.78 is 22.9. The first-order valence-corrected chi connectivity index (χ1v) is 9.63. The summed E-state index contributed by atoms with van der Waals surface area (Å²) in [4.78, 5) is 11.9. The summed E-state index contributed by atoms with van der Waals surface area (Å²) in [5.74, 6) is -0.377. The van der Waals surface area contributed by atoms with Gasteiger partial charge >= 0.3 is 0 Å². The second kappa shape index (κ2) is 7.17. The predicted molar refractivity (Wildman–Crippen MR) is 86.9 cm³/mol.